The largest absolute Gasteiger partial charge is 0.390 e. The number of hydrogen-bond donors (Lipinski definition) is 13. The zero-order valence-electron chi connectivity index (χ0n) is 15.1. The van der Waals surface area contributed by atoms with E-state index in [0.717, 1.165) is 0 Å². The Hall–Kier alpha value is -0.520. The van der Waals surface area contributed by atoms with Gasteiger partial charge in [0.25, 0.3) is 0 Å². The smallest absolute Gasteiger partial charge is 0.0592 e. The molecule has 0 spiro atoms. The molecule has 0 fully saturated rings. The van der Waals surface area contributed by atoms with E-state index in [0.29, 0.717) is 12.8 Å². The van der Waals surface area contributed by atoms with E-state index in [2.05, 4.69) is 0 Å². The average molecular weight is 334 g/mol. The van der Waals surface area contributed by atoms with Gasteiger partial charge >= 0.3 is 0 Å². The van der Waals surface area contributed by atoms with Crippen LogP contribution < -0.4 is 67.7 Å². The zero-order chi connectivity index (χ0) is 8.41. The van der Waals surface area contributed by atoms with Crippen LogP contribution in [0.15, 0.2) is 0 Å². The van der Waals surface area contributed by atoms with Gasteiger partial charge in [-0.3, -0.25) is 0 Å². The molecule has 0 heterocycles. The topological polar surface area (TPSA) is 425 Å². The monoisotopic (exact) mass is 333 g/mol. The van der Waals surface area contributed by atoms with Crippen molar-refractivity contribution < 1.29 is 10.2 Å². The van der Waals surface area contributed by atoms with Crippen LogP contribution in [-0.4, -0.2) is 21.4 Å². The molecule has 0 aromatic rings. The van der Waals surface area contributed by atoms with Crippen molar-refractivity contribution in [1.29, 1.82) is 0 Å². The fourth-order valence-electron chi connectivity index (χ4n) is 0.612. The van der Waals surface area contributed by atoms with Crippen molar-refractivity contribution in [3.63, 3.8) is 0 Å². The van der Waals surface area contributed by atoms with Crippen LogP contribution in [0.2, 0.25) is 0 Å². The summed E-state index contributed by atoms with van der Waals surface area (Å²) in [5, 5.41) is 18.5. The van der Waals surface area contributed by atoms with E-state index in [-0.39, 0.29) is 67.7 Å². The molecule has 0 bridgehead atoms. The van der Waals surface area contributed by atoms with Gasteiger partial charge in [-0.2, -0.15) is 0 Å². The van der Waals surface area contributed by atoms with Crippen molar-refractivity contribution in [2.45, 2.75) is 51.7 Å². The quantitative estimate of drug-likeness (QED) is 0.352. The van der Waals surface area contributed by atoms with Gasteiger partial charge < -0.3 is 77.9 Å². The van der Waals surface area contributed by atoms with Crippen molar-refractivity contribution >= 4 is 0 Å². The van der Waals surface area contributed by atoms with Gasteiger partial charge in [0, 0.05) is 0 Å². The third kappa shape index (κ3) is 142. The van der Waals surface area contributed by atoms with Gasteiger partial charge in [-0.05, 0) is 40.5 Å². The number of aliphatic hydroxyl groups is 2. The van der Waals surface area contributed by atoms with Gasteiger partial charge in [0.15, 0.2) is 0 Å². The van der Waals surface area contributed by atoms with Crippen LogP contribution in [0.3, 0.4) is 0 Å². The van der Waals surface area contributed by atoms with E-state index >= 15 is 0 Å². The molecule has 21 heavy (non-hydrogen) atoms. The Morgan fingerprint density at radius 3 is 0.571 bits per heavy atom. The second-order valence-corrected chi connectivity index (χ2v) is 4.12. The van der Waals surface area contributed by atoms with E-state index in [1.165, 1.54) is 0 Å². The van der Waals surface area contributed by atoms with Gasteiger partial charge in [0.2, 0.25) is 0 Å². The first kappa shape index (κ1) is 108. The van der Waals surface area contributed by atoms with Crippen LogP contribution in [-0.2, 0) is 0 Å². The molecular weight excluding hydrogens is 282 g/mol. The van der Waals surface area contributed by atoms with Gasteiger partial charge in [-0.25, -0.2) is 0 Å². The number of hydrogen-bond acceptors (Lipinski definition) is 13. The molecule has 0 aromatic carbocycles. The first-order valence-corrected chi connectivity index (χ1v) is 3.65. The third-order valence-corrected chi connectivity index (χ3v) is 1.35. The van der Waals surface area contributed by atoms with E-state index in [1.807, 2.05) is 0 Å². The lowest BCUT2D eigenvalue weighted by atomic mass is 9.94. The molecule has 0 radical (unpaired) electrons. The fourth-order valence-corrected chi connectivity index (χ4v) is 0.612. The van der Waals surface area contributed by atoms with Crippen molar-refractivity contribution in [2.24, 2.45) is 0 Å². The highest BCUT2D eigenvalue weighted by Gasteiger charge is 2.19. The maximum absolute atomic E-state index is 9.27. The fraction of sp³-hybridized carbons (Fsp3) is 1.00. The van der Waals surface area contributed by atoms with Crippen LogP contribution >= 0.6 is 0 Å². The van der Waals surface area contributed by atoms with Gasteiger partial charge in [0.1, 0.15) is 0 Å². The standard InChI is InChI=1S/C8H18O2.11H3N/c1-7(2,9)5-6-8(3,4)10;;;;;;;;;;;/h9-10H,5-6H2,1-4H3;11*1H3. The first-order valence-electron chi connectivity index (χ1n) is 3.65. The zero-order valence-corrected chi connectivity index (χ0v) is 15.1. The third-order valence-electron chi connectivity index (χ3n) is 1.35. The van der Waals surface area contributed by atoms with Gasteiger partial charge in [0.05, 0.1) is 11.2 Å². The van der Waals surface area contributed by atoms with E-state index in [9.17, 15) is 10.2 Å². The van der Waals surface area contributed by atoms with E-state index in [4.69, 9.17) is 0 Å². The summed E-state index contributed by atoms with van der Waals surface area (Å²) in [6.07, 6.45) is 1.27. The van der Waals surface area contributed by atoms with Crippen LogP contribution in [0.5, 0.6) is 0 Å². The Labute approximate surface area is 130 Å². The number of rotatable bonds is 3. The molecule has 0 aromatic heterocycles. The Bertz CT molecular complexity index is 102. The first-order chi connectivity index (χ1) is 4.21. The molecule has 0 aliphatic heterocycles. The van der Waals surface area contributed by atoms with Crippen LogP contribution in [0, 0.1) is 0 Å². The Kier molecular flexibility index (Phi) is 188. The van der Waals surface area contributed by atoms with Crippen molar-refractivity contribution in [1.82, 2.24) is 67.7 Å². The molecule has 0 saturated heterocycles. The Morgan fingerprint density at radius 2 is 0.524 bits per heavy atom. The average Bonchev–Trinajstić information content (AvgIpc) is 1.57. The van der Waals surface area contributed by atoms with Crippen LogP contribution in [0.4, 0.5) is 0 Å². The molecule has 0 saturated carbocycles. The summed E-state index contributed by atoms with van der Waals surface area (Å²) in [5.74, 6) is 0. The molecule has 0 amide bonds. The summed E-state index contributed by atoms with van der Waals surface area (Å²) >= 11 is 0. The molecule has 0 aliphatic carbocycles. The van der Waals surface area contributed by atoms with Crippen molar-refractivity contribution in [2.75, 3.05) is 0 Å². The highest BCUT2D eigenvalue weighted by Crippen LogP contribution is 2.17. The summed E-state index contributed by atoms with van der Waals surface area (Å²) in [6.45, 7) is 7.00. The van der Waals surface area contributed by atoms with Crippen LogP contribution in [0.1, 0.15) is 40.5 Å². The second-order valence-electron chi connectivity index (χ2n) is 4.12. The van der Waals surface area contributed by atoms with Gasteiger partial charge in [-0.1, -0.05) is 0 Å². The SMILES string of the molecule is CC(C)(O)CCC(C)(C)O.N.N.N.N.N.N.N.N.N.N.N. The van der Waals surface area contributed by atoms with Crippen molar-refractivity contribution in [3.05, 3.63) is 0 Å². The maximum Gasteiger partial charge on any atom is 0.0592 e. The maximum atomic E-state index is 9.27. The summed E-state index contributed by atoms with van der Waals surface area (Å²) < 4.78 is 0. The highest BCUT2D eigenvalue weighted by atomic mass is 16.3. The molecule has 0 unspecified atom stereocenters. The normalized spacial score (nSPS) is 6.57. The molecule has 35 N–H and O–H groups in total. The summed E-state index contributed by atoms with van der Waals surface area (Å²) in [4.78, 5) is 0. The molecule has 150 valence electrons. The molecule has 0 atom stereocenters. The Balaban J connectivity index is -0.00000000736. The van der Waals surface area contributed by atoms with Gasteiger partial charge in [-0.15, -0.1) is 0 Å². The van der Waals surface area contributed by atoms with Crippen LogP contribution in [0.25, 0.3) is 0 Å². The summed E-state index contributed by atoms with van der Waals surface area (Å²) in [7, 11) is 0. The lowest BCUT2D eigenvalue weighted by Crippen LogP contribution is -2.26. The van der Waals surface area contributed by atoms with Crippen molar-refractivity contribution in [3.8, 4) is 0 Å². The lowest BCUT2D eigenvalue weighted by molar-refractivity contribution is 0.0169. The predicted octanol–water partition coefficient (Wildman–Crippen LogP) is 3.09. The molecule has 13 heteroatoms. The van der Waals surface area contributed by atoms with E-state index in [1.54, 1.807) is 27.7 Å². The Morgan fingerprint density at radius 1 is 0.429 bits per heavy atom. The van der Waals surface area contributed by atoms with E-state index < -0.39 is 11.2 Å². The lowest BCUT2D eigenvalue weighted by Gasteiger charge is -2.23. The molecule has 0 aliphatic rings. The molecule has 13 nitrogen and oxygen atoms in total. The second kappa shape index (κ2) is 36.6. The summed E-state index contributed by atoms with van der Waals surface area (Å²) in [6, 6.07) is 0. The minimum atomic E-state index is -0.653. The minimum absolute atomic E-state index is 0. The molecular formula is C8H51N11O2. The minimum Gasteiger partial charge on any atom is -0.390 e. The molecule has 0 rings (SSSR count). The predicted molar refractivity (Wildman–Crippen MR) is 97.1 cm³/mol. The highest BCUT2D eigenvalue weighted by molar-refractivity contribution is 4.72. The summed E-state index contributed by atoms with van der Waals surface area (Å²) in [5.41, 5.74) is -1.31.